The van der Waals surface area contributed by atoms with Gasteiger partial charge in [0.1, 0.15) is 5.69 Å². The molecule has 1 aromatic rings. The van der Waals surface area contributed by atoms with Gasteiger partial charge in [0.15, 0.2) is 0 Å². The molecule has 130 valence electrons. The van der Waals surface area contributed by atoms with Crippen molar-refractivity contribution in [3.8, 4) is 0 Å². The molecule has 0 saturated heterocycles. The van der Waals surface area contributed by atoms with Gasteiger partial charge < -0.3 is 10.4 Å². The van der Waals surface area contributed by atoms with Crippen LogP contribution in [0.1, 0.15) is 25.7 Å². The Morgan fingerprint density at radius 2 is 2.12 bits per heavy atom. The van der Waals surface area contributed by atoms with Crippen LogP contribution in [-0.2, 0) is 4.79 Å². The summed E-state index contributed by atoms with van der Waals surface area (Å²) in [5.41, 5.74) is 0.422. The number of benzene rings is 1. The van der Waals surface area contributed by atoms with Gasteiger partial charge in [0.05, 0.1) is 11.5 Å². The van der Waals surface area contributed by atoms with Crippen LogP contribution in [0.25, 0.3) is 0 Å². The fourth-order valence-corrected chi connectivity index (χ4v) is 3.33. The van der Waals surface area contributed by atoms with Crippen molar-refractivity contribution in [2.75, 3.05) is 18.4 Å². The lowest BCUT2D eigenvalue weighted by molar-refractivity contribution is -0.384. The summed E-state index contributed by atoms with van der Waals surface area (Å²) in [6.07, 6.45) is 3.92. The van der Waals surface area contributed by atoms with E-state index in [4.69, 9.17) is 16.7 Å². The van der Waals surface area contributed by atoms with E-state index in [-0.39, 0.29) is 24.3 Å². The molecule has 3 rings (SSSR count). The van der Waals surface area contributed by atoms with E-state index in [2.05, 4.69) is 5.32 Å². The van der Waals surface area contributed by atoms with Crippen LogP contribution >= 0.6 is 11.6 Å². The molecule has 0 spiro atoms. The molecular formula is C16H20ClN3O4. The van der Waals surface area contributed by atoms with E-state index in [1.165, 1.54) is 25.0 Å². The minimum absolute atomic E-state index is 0.00298. The molecule has 2 aliphatic rings. The number of anilines is 1. The molecule has 0 aliphatic heterocycles. The molecule has 1 aromatic carbocycles. The summed E-state index contributed by atoms with van der Waals surface area (Å²) in [6, 6.07) is 4.77. The highest BCUT2D eigenvalue weighted by molar-refractivity contribution is 6.31. The quantitative estimate of drug-likeness (QED) is 0.551. The van der Waals surface area contributed by atoms with E-state index >= 15 is 0 Å². The predicted octanol–water partition coefficient (Wildman–Crippen LogP) is 2.99. The van der Waals surface area contributed by atoms with Gasteiger partial charge in [0, 0.05) is 29.7 Å². The first-order chi connectivity index (χ1) is 11.4. The van der Waals surface area contributed by atoms with Crippen molar-refractivity contribution in [3.63, 3.8) is 0 Å². The molecule has 2 saturated carbocycles. The second-order valence-electron chi connectivity index (χ2n) is 6.65. The second kappa shape index (κ2) is 6.94. The predicted molar refractivity (Wildman–Crippen MR) is 90.5 cm³/mol. The maximum atomic E-state index is 11.1. The van der Waals surface area contributed by atoms with Crippen LogP contribution in [0, 0.1) is 16.0 Å². The molecule has 2 aliphatic carbocycles. The van der Waals surface area contributed by atoms with Crippen molar-refractivity contribution >= 4 is 28.9 Å². The maximum absolute atomic E-state index is 11.1. The number of rotatable bonds is 8. The first-order valence-electron chi connectivity index (χ1n) is 8.08. The van der Waals surface area contributed by atoms with Crippen LogP contribution in [0.2, 0.25) is 5.02 Å². The van der Waals surface area contributed by atoms with Crippen LogP contribution in [0.4, 0.5) is 11.4 Å². The molecule has 2 fully saturated rings. The minimum atomic E-state index is -0.808. The smallest absolute Gasteiger partial charge is 0.317 e. The summed E-state index contributed by atoms with van der Waals surface area (Å²) >= 11 is 5.93. The normalized spacial score (nSPS) is 22.9. The number of carboxylic acid groups (broad SMARTS) is 1. The summed E-state index contributed by atoms with van der Waals surface area (Å²) in [5, 5.41) is 23.8. The number of nitrogens with zero attached hydrogens (tertiary/aromatic N) is 2. The van der Waals surface area contributed by atoms with Crippen molar-refractivity contribution in [2.45, 2.75) is 37.8 Å². The SMILES string of the molecule is O=C(O)CN(CC1CC1)C1CC(Nc2cc(Cl)ccc2[N+](=O)[O-])C1. The Hall–Kier alpha value is -1.86. The lowest BCUT2D eigenvalue weighted by Crippen LogP contribution is -2.52. The van der Waals surface area contributed by atoms with Crippen LogP contribution in [0.15, 0.2) is 18.2 Å². The van der Waals surface area contributed by atoms with Gasteiger partial charge in [0.2, 0.25) is 0 Å². The summed E-state index contributed by atoms with van der Waals surface area (Å²) in [5.74, 6) is -0.178. The van der Waals surface area contributed by atoms with Crippen molar-refractivity contribution in [1.29, 1.82) is 0 Å². The number of hydrogen-bond acceptors (Lipinski definition) is 5. The Morgan fingerprint density at radius 1 is 1.42 bits per heavy atom. The third-order valence-corrected chi connectivity index (χ3v) is 4.91. The highest BCUT2D eigenvalue weighted by Gasteiger charge is 2.37. The molecule has 0 amide bonds. The molecule has 0 aromatic heterocycles. The maximum Gasteiger partial charge on any atom is 0.317 e. The minimum Gasteiger partial charge on any atom is -0.480 e. The van der Waals surface area contributed by atoms with Crippen molar-refractivity contribution in [1.82, 2.24) is 4.90 Å². The average molecular weight is 354 g/mol. The van der Waals surface area contributed by atoms with Gasteiger partial charge in [-0.15, -0.1) is 0 Å². The Morgan fingerprint density at radius 3 is 2.71 bits per heavy atom. The Kier molecular flexibility index (Phi) is 4.91. The highest BCUT2D eigenvalue weighted by atomic mass is 35.5. The fourth-order valence-electron chi connectivity index (χ4n) is 3.16. The summed E-state index contributed by atoms with van der Waals surface area (Å²) in [7, 11) is 0. The average Bonchev–Trinajstić information content (AvgIpc) is 3.25. The van der Waals surface area contributed by atoms with E-state index in [0.29, 0.717) is 16.6 Å². The number of hydrogen-bond donors (Lipinski definition) is 2. The molecule has 24 heavy (non-hydrogen) atoms. The van der Waals surface area contributed by atoms with E-state index < -0.39 is 10.9 Å². The topological polar surface area (TPSA) is 95.7 Å². The number of nitro groups is 1. The number of halogens is 1. The fraction of sp³-hybridized carbons (Fsp3) is 0.562. The van der Waals surface area contributed by atoms with Gasteiger partial charge in [-0.2, -0.15) is 0 Å². The second-order valence-corrected chi connectivity index (χ2v) is 7.09. The third kappa shape index (κ3) is 4.15. The summed E-state index contributed by atoms with van der Waals surface area (Å²) in [4.78, 5) is 23.7. The van der Waals surface area contributed by atoms with Gasteiger partial charge in [-0.05, 0) is 43.7 Å². The third-order valence-electron chi connectivity index (χ3n) is 4.67. The van der Waals surface area contributed by atoms with Gasteiger partial charge in [0.25, 0.3) is 5.69 Å². The Bertz CT molecular complexity index is 644. The number of aliphatic carboxylic acids is 1. The van der Waals surface area contributed by atoms with E-state index in [9.17, 15) is 14.9 Å². The number of carbonyl (C=O) groups is 1. The molecule has 0 heterocycles. The molecule has 0 atom stereocenters. The van der Waals surface area contributed by atoms with Crippen LogP contribution in [0.5, 0.6) is 0 Å². The van der Waals surface area contributed by atoms with E-state index in [1.54, 1.807) is 6.07 Å². The van der Waals surface area contributed by atoms with Crippen molar-refractivity contribution < 1.29 is 14.8 Å². The first kappa shape index (κ1) is 17.0. The Balaban J connectivity index is 1.58. The van der Waals surface area contributed by atoms with Gasteiger partial charge >= 0.3 is 5.97 Å². The lowest BCUT2D eigenvalue weighted by atomic mass is 9.85. The number of nitrogens with one attached hydrogen (secondary N) is 1. The lowest BCUT2D eigenvalue weighted by Gasteiger charge is -2.43. The number of nitro benzene ring substituents is 1. The summed E-state index contributed by atoms with van der Waals surface area (Å²) in [6.45, 7) is 0.895. The van der Waals surface area contributed by atoms with Gasteiger partial charge in [-0.25, -0.2) is 0 Å². The first-order valence-corrected chi connectivity index (χ1v) is 8.46. The molecular weight excluding hydrogens is 334 g/mol. The van der Waals surface area contributed by atoms with Crippen molar-refractivity contribution in [3.05, 3.63) is 33.3 Å². The molecule has 0 unspecified atom stereocenters. The molecule has 8 heteroatoms. The van der Waals surface area contributed by atoms with Crippen LogP contribution in [0.3, 0.4) is 0 Å². The van der Waals surface area contributed by atoms with Crippen molar-refractivity contribution in [2.24, 2.45) is 5.92 Å². The molecule has 0 bridgehead atoms. The van der Waals surface area contributed by atoms with Crippen LogP contribution in [-0.4, -0.2) is 46.1 Å². The zero-order valence-corrected chi connectivity index (χ0v) is 13.9. The van der Waals surface area contributed by atoms with Gasteiger partial charge in [-0.1, -0.05) is 11.6 Å². The standard InChI is InChI=1S/C16H20ClN3O4/c17-11-3-4-15(20(23)24)14(5-11)18-12-6-13(7-12)19(9-16(21)22)8-10-1-2-10/h3-5,10,12-13,18H,1-2,6-9H2,(H,21,22). The highest BCUT2D eigenvalue weighted by Crippen LogP contribution is 2.36. The van der Waals surface area contributed by atoms with Gasteiger partial charge in [-0.3, -0.25) is 19.8 Å². The monoisotopic (exact) mass is 353 g/mol. The zero-order valence-electron chi connectivity index (χ0n) is 13.2. The molecule has 7 nitrogen and oxygen atoms in total. The Labute approximate surface area is 144 Å². The van der Waals surface area contributed by atoms with Crippen LogP contribution < -0.4 is 5.32 Å². The summed E-state index contributed by atoms with van der Waals surface area (Å²) < 4.78 is 0. The zero-order chi connectivity index (χ0) is 17.3. The molecule has 0 radical (unpaired) electrons. The largest absolute Gasteiger partial charge is 0.480 e. The number of carboxylic acids is 1. The molecule has 2 N–H and O–H groups in total. The van der Waals surface area contributed by atoms with E-state index in [1.807, 2.05) is 4.90 Å². The van der Waals surface area contributed by atoms with E-state index in [0.717, 1.165) is 19.4 Å².